The number of nitrogens with zero attached hydrogens (tertiary/aromatic N) is 3. The Kier molecular flexibility index (Phi) is 40.9. The van der Waals surface area contributed by atoms with Crippen LogP contribution in [-0.2, 0) is 48.4 Å². The summed E-state index contributed by atoms with van der Waals surface area (Å²) in [6.45, 7) is 12.4. The summed E-state index contributed by atoms with van der Waals surface area (Å²) in [6.07, 6.45) is 0. The number of methoxy groups -OCH3 is 2. The Bertz CT molecular complexity index is 4500. The fourth-order valence-corrected chi connectivity index (χ4v) is 10.9. The molecule has 0 spiro atoms. The number of esters is 2. The number of hydrogen-bond acceptors (Lipinski definition) is 10. The fourth-order valence-electron chi connectivity index (χ4n) is 10.2. The predicted octanol–water partition coefficient (Wildman–Crippen LogP) is 19.4. The first kappa shape index (κ1) is 91.1. The van der Waals surface area contributed by atoms with Crippen molar-refractivity contribution in [1.82, 2.24) is 0 Å². The molecule has 24 heteroatoms. The molecule has 2 aliphatic heterocycles. The van der Waals surface area contributed by atoms with Gasteiger partial charge < -0.3 is 41.9 Å². The van der Waals surface area contributed by atoms with E-state index in [0.717, 1.165) is 70.7 Å². The second kappa shape index (κ2) is 46.7. The molecular weight excluding hydrogens is 1930 g/mol. The predicted molar refractivity (Wildman–Crippen MR) is 453 cm³/mol. The molecule has 9 aromatic rings. The average Bonchev–Trinajstić information content (AvgIpc) is 1.62. The molecule has 9 aromatic carbocycles. The number of halogens is 8. The van der Waals surface area contributed by atoms with Gasteiger partial charge in [-0.05, 0) is 195 Å². The number of anilines is 3. The van der Waals surface area contributed by atoms with Crippen LogP contribution in [0.3, 0.4) is 0 Å². The van der Waals surface area contributed by atoms with Crippen LogP contribution in [0, 0.1) is 40.3 Å². The van der Waals surface area contributed by atoms with Crippen molar-refractivity contribution in [1.29, 1.82) is 0 Å². The van der Waals surface area contributed by atoms with Gasteiger partial charge in [-0.2, -0.15) is 0 Å². The van der Waals surface area contributed by atoms with Crippen molar-refractivity contribution in [2.24, 2.45) is 0 Å². The number of carbonyl (C=O) groups is 6. The van der Waals surface area contributed by atoms with Crippen LogP contribution in [0.1, 0.15) is 119 Å². The van der Waals surface area contributed by atoms with Crippen molar-refractivity contribution >= 4 is 193 Å². The third-order valence-corrected chi connectivity index (χ3v) is 15.7. The summed E-state index contributed by atoms with van der Waals surface area (Å²) in [4.78, 5) is 78.7. The molecule has 14 nitrogen and oxygen atoms in total. The standard InChI is InChI=1S/C25H20FNO3.C24H18FNO3.C19H16INO3.C6H6BFO2.C2H5I.C2H6.CH4.CH3.3HI.V/c1-16(18-10-12-20(26)13-11-18)23-21-8-3-4-9-22(21)27(24(23)28)15-17-6-5-7-19(14-17)25(29)30-2;1-15(17-9-11-19(25)12-10-17)22-20-7-2-3-8-21(20)26(23(22)27)14-16-5-4-6-18(13-16)24(28)29;1-3-7-18(22)21(17-11-5-4-10-16(17)20)13-14-8-6-9-15(12-14)19(23)24-2;8-6-3-1-5(2-4-6)7(9)10;1-2-3;1-2;;;;;;/h3-14H,15H2,1-2H3;2-13H,14H2,1H3,(H,28,29);4-6,8-12H,13H2,1-2H3;1-4,9-10H;2H2,1H3;1-2H3;1H4;1H3;3*1H;/q;;;;;;;-1;;;;+3/p-3/b23-16+;22-15+;;;;;;;;;;. The molecule has 2 heterocycles. The van der Waals surface area contributed by atoms with Crippen LogP contribution in [0.4, 0.5) is 30.2 Å². The van der Waals surface area contributed by atoms with Gasteiger partial charge in [0.1, 0.15) is 17.5 Å². The van der Waals surface area contributed by atoms with Crippen LogP contribution in [-0.4, -0.2) is 76.5 Å². The Morgan fingerprint density at radius 2 is 0.904 bits per heavy atom. The zero-order valence-corrected chi connectivity index (χ0v) is 69.8. The van der Waals surface area contributed by atoms with E-state index in [0.29, 0.717) is 40.8 Å². The van der Waals surface area contributed by atoms with Gasteiger partial charge in [-0.15, -0.1) is 0 Å². The van der Waals surface area contributed by atoms with Crippen LogP contribution in [0.5, 0.6) is 0 Å². The van der Waals surface area contributed by atoms with Gasteiger partial charge in [0.2, 0.25) is 0 Å². The first-order valence-corrected chi connectivity index (χ1v) is 47.3. The zero-order chi connectivity index (χ0) is 75.2. The van der Waals surface area contributed by atoms with Crippen LogP contribution in [0.2, 0.25) is 0 Å². The molecule has 0 saturated carbocycles. The van der Waals surface area contributed by atoms with Crippen molar-refractivity contribution in [3.8, 4) is 11.8 Å². The molecule has 2 aliphatic rings. The number of ether oxygens (including phenoxy) is 2. The summed E-state index contributed by atoms with van der Waals surface area (Å²) in [5.41, 5.74) is 12.1. The van der Waals surface area contributed by atoms with Gasteiger partial charge in [-0.1, -0.05) is 178 Å². The van der Waals surface area contributed by atoms with E-state index >= 15 is 0 Å². The number of aromatic carboxylic acids is 1. The molecule has 0 bridgehead atoms. The molecular formula is C80H78BF3I5N3O11V-. The van der Waals surface area contributed by atoms with E-state index in [1.54, 1.807) is 100 Å². The van der Waals surface area contributed by atoms with Gasteiger partial charge in [0, 0.05) is 14.7 Å². The van der Waals surface area contributed by atoms with Gasteiger partial charge in [0.25, 0.3) is 11.8 Å². The number of benzene rings is 9. The van der Waals surface area contributed by atoms with Gasteiger partial charge in [-0.3, -0.25) is 19.3 Å². The number of para-hydroxylation sites is 3. The quantitative estimate of drug-likeness (QED) is 0.0189. The number of amides is 3. The first-order valence-electron chi connectivity index (χ1n) is 31.2. The van der Waals surface area contributed by atoms with Gasteiger partial charge in [-0.25, -0.2) is 27.6 Å². The van der Waals surface area contributed by atoms with E-state index < -0.39 is 25.0 Å². The summed E-state index contributed by atoms with van der Waals surface area (Å²) in [7, 11) is 1.17. The van der Waals surface area contributed by atoms with Gasteiger partial charge in [0.15, 0.2) is 0 Å². The van der Waals surface area contributed by atoms with Crippen molar-refractivity contribution < 1.29 is 71.5 Å². The van der Waals surface area contributed by atoms with Crippen molar-refractivity contribution in [3.05, 3.63) is 302 Å². The van der Waals surface area contributed by atoms with E-state index in [4.69, 9.17) is 19.5 Å². The van der Waals surface area contributed by atoms with E-state index in [-0.39, 0.29) is 67.1 Å². The number of carboxylic acid groups (broad SMARTS) is 1. The fraction of sp³-hybridized carbons (Fsp3) is 0.163. The molecule has 0 fully saturated rings. The number of allylic oxidation sites excluding steroid dienone is 2. The maximum absolute atomic E-state index is 13.4. The molecule has 104 heavy (non-hydrogen) atoms. The molecule has 0 aliphatic carbocycles. The monoisotopic (exact) mass is 2010 g/mol. The van der Waals surface area contributed by atoms with E-state index in [9.17, 15) is 47.0 Å². The Morgan fingerprint density at radius 1 is 0.548 bits per heavy atom. The molecule has 3 amide bonds. The normalized spacial score (nSPS) is 12.0. The van der Waals surface area contributed by atoms with Crippen molar-refractivity contribution in [2.75, 3.05) is 33.3 Å². The molecule has 0 atom stereocenters. The Labute approximate surface area is 673 Å². The molecule has 0 aromatic heterocycles. The second-order valence-corrected chi connectivity index (χ2v) is 59.4. The van der Waals surface area contributed by atoms with Crippen LogP contribution < -0.4 is 20.2 Å². The number of alkyl halides is 1. The molecule has 0 radical (unpaired) electrons. The van der Waals surface area contributed by atoms with E-state index in [2.05, 4.69) is 124 Å². The second-order valence-electron chi connectivity index (χ2n) is 21.3. The topological polar surface area (TPSA) is 191 Å². The summed E-state index contributed by atoms with van der Waals surface area (Å²) in [5, 5.41) is 26.3. The number of carbonyl (C=O) groups excluding carboxylic acids is 5. The summed E-state index contributed by atoms with van der Waals surface area (Å²) in [6, 6.07) is 60.6. The molecule has 0 unspecified atom stereocenters. The number of hydrogen-bond donors (Lipinski definition) is 3. The maximum atomic E-state index is 13.4. The zero-order valence-electron chi connectivity index (χ0n) is 57.6. The Hall–Kier alpha value is -7.15. The van der Waals surface area contributed by atoms with Gasteiger partial charge in [0.05, 0.1) is 78.8 Å². The number of rotatable bonds is 13. The van der Waals surface area contributed by atoms with Crippen LogP contribution in [0.15, 0.2) is 218 Å². The van der Waals surface area contributed by atoms with E-state index in [1.807, 2.05) is 113 Å². The van der Waals surface area contributed by atoms with Crippen molar-refractivity contribution in [2.45, 2.75) is 68.6 Å². The van der Waals surface area contributed by atoms with Crippen LogP contribution in [0.25, 0.3) is 22.3 Å². The minimum atomic E-state index is -1.51. The molecule has 11 rings (SSSR count). The number of fused-ring (bicyclic) bond motifs is 2. The number of carboxylic acids is 1. The van der Waals surface area contributed by atoms with Crippen molar-refractivity contribution in [3.63, 3.8) is 0 Å². The minimum absolute atomic E-state index is 0. The summed E-state index contributed by atoms with van der Waals surface area (Å²) < 4.78 is 50.5. The molecule has 3 N–H and O–H groups in total. The van der Waals surface area contributed by atoms with E-state index in [1.165, 1.54) is 73.2 Å². The summed E-state index contributed by atoms with van der Waals surface area (Å²) >= 11 is 11.9. The average molecular weight is 2010 g/mol. The molecule has 0 saturated heterocycles. The Morgan fingerprint density at radius 3 is 1.29 bits per heavy atom. The van der Waals surface area contributed by atoms with Gasteiger partial charge >= 0.3 is 95.8 Å². The summed E-state index contributed by atoms with van der Waals surface area (Å²) in [5.74, 6) is 1.79. The Balaban J connectivity index is 0.000000358. The first-order chi connectivity index (χ1) is 48.8. The third-order valence-electron chi connectivity index (χ3n) is 14.8. The molecule has 544 valence electrons. The third kappa shape index (κ3) is 26.7. The van der Waals surface area contributed by atoms with Crippen LogP contribution >= 0.6 is 105 Å². The SMILES string of the molecule is C.C/C(=C1\C(=O)N(Cc2cccc(C(=O)O)c2)c2ccccc21)c1ccc(F)cc1.CC.CC#CC(=O)N(Cc1cccc(C(=O)OC)c1)c1ccccc1I.CCI.COC(=O)c1cccc(CN2C(=O)/C(=C(\C)c3ccc(F)cc3)c3ccccc32)c1.OB(O)c1ccc(F)cc1.[CH3-].[I][V]([I])[I].